The molecule has 0 saturated heterocycles. The first-order valence-electron chi connectivity index (χ1n) is 11.0. The van der Waals surface area contributed by atoms with Gasteiger partial charge < -0.3 is 19.4 Å². The van der Waals surface area contributed by atoms with E-state index in [1.165, 1.54) is 37.5 Å². The molecule has 0 radical (unpaired) electrons. The van der Waals surface area contributed by atoms with Crippen LogP contribution >= 0.6 is 0 Å². The van der Waals surface area contributed by atoms with Gasteiger partial charge in [-0.05, 0) is 29.7 Å². The van der Waals surface area contributed by atoms with Gasteiger partial charge in [-0.1, -0.05) is 24.3 Å². The van der Waals surface area contributed by atoms with E-state index in [0.29, 0.717) is 6.54 Å². The number of methoxy groups -OCH3 is 2. The summed E-state index contributed by atoms with van der Waals surface area (Å²) >= 11 is 0. The van der Waals surface area contributed by atoms with Crippen LogP contribution in [-0.4, -0.2) is 47.6 Å². The lowest BCUT2D eigenvalue weighted by atomic mass is 9.97. The summed E-state index contributed by atoms with van der Waals surface area (Å²) in [7, 11) is 4.79. The third kappa shape index (κ3) is 4.60. The molecule has 1 aliphatic heterocycles. The zero-order chi connectivity index (χ0) is 24.2. The first-order chi connectivity index (χ1) is 16.4. The fourth-order valence-corrected chi connectivity index (χ4v) is 4.51. The maximum absolute atomic E-state index is 13.1. The van der Waals surface area contributed by atoms with Crippen LogP contribution in [0.15, 0.2) is 54.7 Å². The van der Waals surface area contributed by atoms with Gasteiger partial charge in [0.1, 0.15) is 5.56 Å². The van der Waals surface area contributed by atoms with Crippen molar-refractivity contribution in [2.24, 2.45) is 7.05 Å². The van der Waals surface area contributed by atoms with E-state index in [1.54, 1.807) is 0 Å². The summed E-state index contributed by atoms with van der Waals surface area (Å²) < 4.78 is 12.4. The minimum Gasteiger partial charge on any atom is -0.493 e. The van der Waals surface area contributed by atoms with Crippen LogP contribution in [-0.2, 0) is 20.0 Å². The summed E-state index contributed by atoms with van der Waals surface area (Å²) in [5, 5.41) is 14.6. The van der Waals surface area contributed by atoms with Crippen molar-refractivity contribution in [1.29, 1.82) is 0 Å². The normalized spacial score (nSPS) is 14.2. The fraction of sp³-hybridized carbons (Fsp3) is 0.320. The van der Waals surface area contributed by atoms with Crippen molar-refractivity contribution in [2.45, 2.75) is 19.0 Å². The lowest BCUT2D eigenvalue weighted by Crippen LogP contribution is -2.41. The van der Waals surface area contributed by atoms with Crippen molar-refractivity contribution in [2.75, 3.05) is 27.3 Å². The SMILES string of the molecule is COc1cc(C(=O)NCC(c2cccn2C)N2CCc3ccccc3C2)c([N+](=O)[O-])cc1OC. The van der Waals surface area contributed by atoms with E-state index in [4.69, 9.17) is 9.47 Å². The Kier molecular flexibility index (Phi) is 6.83. The van der Waals surface area contributed by atoms with Crippen LogP contribution in [0.3, 0.4) is 0 Å². The van der Waals surface area contributed by atoms with Crippen molar-refractivity contribution < 1.29 is 19.2 Å². The minimum atomic E-state index is -0.590. The molecule has 0 fully saturated rings. The molecule has 0 aliphatic carbocycles. The molecule has 9 nitrogen and oxygen atoms in total. The number of ether oxygens (including phenoxy) is 2. The number of carbonyl (C=O) groups is 1. The van der Waals surface area contributed by atoms with Gasteiger partial charge in [0, 0.05) is 44.6 Å². The van der Waals surface area contributed by atoms with Gasteiger partial charge in [0.25, 0.3) is 11.6 Å². The Morgan fingerprint density at radius 1 is 1.12 bits per heavy atom. The van der Waals surface area contributed by atoms with Crippen LogP contribution in [0.2, 0.25) is 0 Å². The number of amides is 1. The molecule has 0 spiro atoms. The minimum absolute atomic E-state index is 0.0720. The van der Waals surface area contributed by atoms with Crippen LogP contribution in [0.1, 0.15) is 33.2 Å². The Morgan fingerprint density at radius 3 is 2.47 bits per heavy atom. The highest BCUT2D eigenvalue weighted by Crippen LogP contribution is 2.35. The molecule has 1 N–H and O–H groups in total. The predicted molar refractivity (Wildman–Crippen MR) is 127 cm³/mol. The van der Waals surface area contributed by atoms with Gasteiger partial charge in [-0.25, -0.2) is 0 Å². The van der Waals surface area contributed by atoms with Crippen molar-refractivity contribution in [3.8, 4) is 11.5 Å². The summed E-state index contributed by atoms with van der Waals surface area (Å²) in [6.07, 6.45) is 2.90. The van der Waals surface area contributed by atoms with Crippen molar-refractivity contribution in [1.82, 2.24) is 14.8 Å². The summed E-state index contributed by atoms with van der Waals surface area (Å²) in [4.78, 5) is 26.5. The maximum Gasteiger partial charge on any atom is 0.286 e. The zero-order valence-corrected chi connectivity index (χ0v) is 19.5. The quantitative estimate of drug-likeness (QED) is 0.405. The second kappa shape index (κ2) is 9.96. The zero-order valence-electron chi connectivity index (χ0n) is 19.5. The van der Waals surface area contributed by atoms with Crippen LogP contribution in [0.5, 0.6) is 11.5 Å². The molecule has 1 aliphatic rings. The molecule has 2 aromatic carbocycles. The van der Waals surface area contributed by atoms with Gasteiger partial charge in [0.05, 0.1) is 31.3 Å². The predicted octanol–water partition coefficient (Wildman–Crippen LogP) is 3.48. The molecule has 1 atom stereocenters. The Bertz CT molecular complexity index is 1210. The lowest BCUT2D eigenvalue weighted by Gasteiger charge is -2.36. The molecule has 0 saturated carbocycles. The molecule has 0 bridgehead atoms. The molecule has 9 heteroatoms. The van der Waals surface area contributed by atoms with E-state index in [-0.39, 0.29) is 28.8 Å². The summed E-state index contributed by atoms with van der Waals surface area (Å²) in [5.74, 6) is -0.0893. The number of aromatic nitrogens is 1. The van der Waals surface area contributed by atoms with Gasteiger partial charge in [0.15, 0.2) is 11.5 Å². The van der Waals surface area contributed by atoms with Crippen LogP contribution in [0, 0.1) is 10.1 Å². The van der Waals surface area contributed by atoms with Gasteiger partial charge in [0.2, 0.25) is 0 Å². The molecular formula is C25H28N4O5. The molecule has 1 amide bonds. The third-order valence-corrected chi connectivity index (χ3v) is 6.33. The highest BCUT2D eigenvalue weighted by atomic mass is 16.6. The van der Waals surface area contributed by atoms with Gasteiger partial charge >= 0.3 is 0 Å². The average molecular weight is 465 g/mol. The molecule has 3 aromatic rings. The number of fused-ring (bicyclic) bond motifs is 1. The monoisotopic (exact) mass is 464 g/mol. The highest BCUT2D eigenvalue weighted by Gasteiger charge is 2.29. The average Bonchev–Trinajstić information content (AvgIpc) is 3.28. The van der Waals surface area contributed by atoms with Crippen molar-refractivity contribution in [3.05, 3.63) is 87.2 Å². The molecule has 1 aromatic heterocycles. The highest BCUT2D eigenvalue weighted by molar-refractivity contribution is 5.99. The summed E-state index contributed by atoms with van der Waals surface area (Å²) in [6.45, 7) is 1.90. The summed E-state index contributed by atoms with van der Waals surface area (Å²) in [6, 6.07) is 14.9. The molecular weight excluding hydrogens is 436 g/mol. The second-order valence-electron chi connectivity index (χ2n) is 8.24. The number of nitro benzene ring substituents is 1. The van der Waals surface area contributed by atoms with E-state index in [1.807, 2.05) is 36.0 Å². The van der Waals surface area contributed by atoms with Gasteiger partial charge in [-0.3, -0.25) is 19.8 Å². The van der Waals surface area contributed by atoms with Gasteiger partial charge in [-0.15, -0.1) is 0 Å². The second-order valence-corrected chi connectivity index (χ2v) is 8.24. The first-order valence-corrected chi connectivity index (χ1v) is 11.0. The fourth-order valence-electron chi connectivity index (χ4n) is 4.51. The van der Waals surface area contributed by atoms with E-state index in [0.717, 1.165) is 25.2 Å². The number of aryl methyl sites for hydroxylation is 1. The molecule has 1 unspecified atom stereocenters. The Hall–Kier alpha value is -3.85. The number of nitrogens with zero attached hydrogens (tertiary/aromatic N) is 3. The van der Waals surface area contributed by atoms with Crippen LogP contribution < -0.4 is 14.8 Å². The summed E-state index contributed by atoms with van der Waals surface area (Å²) in [5.41, 5.74) is 3.26. The number of benzene rings is 2. The molecule has 34 heavy (non-hydrogen) atoms. The number of rotatable bonds is 8. The van der Waals surface area contributed by atoms with E-state index < -0.39 is 10.8 Å². The molecule has 178 valence electrons. The van der Waals surface area contributed by atoms with Crippen LogP contribution in [0.4, 0.5) is 5.69 Å². The smallest absolute Gasteiger partial charge is 0.286 e. The van der Waals surface area contributed by atoms with Crippen LogP contribution in [0.25, 0.3) is 0 Å². The number of hydrogen-bond acceptors (Lipinski definition) is 6. The Morgan fingerprint density at radius 2 is 1.82 bits per heavy atom. The number of nitro groups is 1. The Labute approximate surface area is 198 Å². The largest absolute Gasteiger partial charge is 0.493 e. The number of carbonyl (C=O) groups excluding carboxylic acids is 1. The Balaban J connectivity index is 1.60. The van der Waals surface area contributed by atoms with E-state index >= 15 is 0 Å². The van der Waals surface area contributed by atoms with E-state index in [9.17, 15) is 14.9 Å². The lowest BCUT2D eigenvalue weighted by molar-refractivity contribution is -0.385. The number of hydrogen-bond donors (Lipinski definition) is 1. The van der Waals surface area contributed by atoms with Crippen molar-refractivity contribution >= 4 is 11.6 Å². The molecule has 4 rings (SSSR count). The third-order valence-electron chi connectivity index (χ3n) is 6.33. The topological polar surface area (TPSA) is 98.9 Å². The maximum atomic E-state index is 13.1. The standard InChI is InChI=1S/C25H28N4O5/c1-27-11-6-9-20(27)22(28-12-10-17-7-4-5-8-18(17)16-28)15-26-25(30)19-13-23(33-2)24(34-3)14-21(19)29(31)32/h4-9,11,13-14,22H,10,12,15-16H2,1-3H3,(H,26,30). The van der Waals surface area contributed by atoms with E-state index in [2.05, 4.69) is 28.4 Å². The van der Waals surface area contributed by atoms with Gasteiger partial charge in [-0.2, -0.15) is 0 Å². The molecule has 2 heterocycles. The van der Waals surface area contributed by atoms with Crippen molar-refractivity contribution in [3.63, 3.8) is 0 Å². The first kappa shape index (κ1) is 23.3. The number of nitrogens with one attached hydrogen (secondary N) is 1.